The largest absolute Gasteiger partial charge is 0.343 e. The van der Waals surface area contributed by atoms with Crippen molar-refractivity contribution in [3.8, 4) is 0 Å². The SMILES string of the molecule is CN(C)CC(=O)N[C@H](Cc1ccc(Cl)cc1)C(=O)N1CCC(Cn2cncn2)(C2CCCCC2)CC1. The first-order valence-electron chi connectivity index (χ1n) is 13.1. The van der Waals surface area contributed by atoms with E-state index in [0.717, 1.165) is 24.9 Å². The molecule has 1 atom stereocenters. The van der Waals surface area contributed by atoms with E-state index in [4.69, 9.17) is 11.6 Å². The Kier molecular flexibility index (Phi) is 9.01. The molecule has 1 saturated carbocycles. The molecule has 36 heavy (non-hydrogen) atoms. The van der Waals surface area contributed by atoms with Crippen molar-refractivity contribution in [1.29, 1.82) is 0 Å². The summed E-state index contributed by atoms with van der Waals surface area (Å²) in [7, 11) is 3.69. The molecule has 2 aliphatic rings. The van der Waals surface area contributed by atoms with Crippen LogP contribution < -0.4 is 5.32 Å². The van der Waals surface area contributed by atoms with Crippen LogP contribution in [0.15, 0.2) is 36.9 Å². The third-order valence-electron chi connectivity index (χ3n) is 7.93. The van der Waals surface area contributed by atoms with Gasteiger partial charge in [-0.1, -0.05) is 43.0 Å². The van der Waals surface area contributed by atoms with Gasteiger partial charge in [0.05, 0.1) is 6.54 Å². The molecule has 1 aliphatic carbocycles. The van der Waals surface area contributed by atoms with Gasteiger partial charge in [-0.25, -0.2) is 4.98 Å². The normalized spacial score (nSPS) is 19.3. The zero-order valence-corrected chi connectivity index (χ0v) is 22.3. The van der Waals surface area contributed by atoms with E-state index in [0.29, 0.717) is 30.5 Å². The van der Waals surface area contributed by atoms with Crippen LogP contribution in [0.2, 0.25) is 5.02 Å². The lowest BCUT2D eigenvalue weighted by atomic mass is 9.63. The van der Waals surface area contributed by atoms with Crippen molar-refractivity contribution in [3.63, 3.8) is 0 Å². The lowest BCUT2D eigenvalue weighted by molar-refractivity contribution is -0.139. The predicted molar refractivity (Wildman–Crippen MR) is 140 cm³/mol. The van der Waals surface area contributed by atoms with Crippen molar-refractivity contribution in [3.05, 3.63) is 47.5 Å². The summed E-state index contributed by atoms with van der Waals surface area (Å²) in [4.78, 5) is 34.3. The van der Waals surface area contributed by atoms with Gasteiger partial charge < -0.3 is 15.1 Å². The fraction of sp³-hybridized carbons (Fsp3) is 0.630. The number of rotatable bonds is 9. The molecule has 2 aromatic rings. The Balaban J connectivity index is 1.47. The molecule has 196 valence electrons. The van der Waals surface area contributed by atoms with Gasteiger partial charge in [-0.05, 0) is 68.8 Å². The van der Waals surface area contributed by atoms with Crippen molar-refractivity contribution in [2.45, 2.75) is 64.0 Å². The number of likely N-dealkylation sites (N-methyl/N-ethyl adjacent to an activating group) is 1. The third-order valence-corrected chi connectivity index (χ3v) is 8.18. The van der Waals surface area contributed by atoms with Crippen molar-refractivity contribution in [2.24, 2.45) is 11.3 Å². The van der Waals surface area contributed by atoms with Crippen LogP contribution in [0.5, 0.6) is 0 Å². The highest BCUT2D eigenvalue weighted by molar-refractivity contribution is 6.30. The zero-order valence-electron chi connectivity index (χ0n) is 21.5. The van der Waals surface area contributed by atoms with Gasteiger partial charge in [0.2, 0.25) is 11.8 Å². The molecular formula is C27H39ClN6O2. The molecular weight excluding hydrogens is 476 g/mol. The van der Waals surface area contributed by atoms with Crippen LogP contribution in [0.3, 0.4) is 0 Å². The van der Waals surface area contributed by atoms with Crippen LogP contribution in [0.1, 0.15) is 50.5 Å². The van der Waals surface area contributed by atoms with Gasteiger partial charge in [-0.3, -0.25) is 14.3 Å². The molecule has 1 aliphatic heterocycles. The van der Waals surface area contributed by atoms with E-state index in [-0.39, 0.29) is 23.8 Å². The molecule has 0 unspecified atom stereocenters. The number of benzene rings is 1. The van der Waals surface area contributed by atoms with Crippen LogP contribution in [0.25, 0.3) is 0 Å². The average Bonchev–Trinajstić information content (AvgIpc) is 3.38. The number of carbonyl (C=O) groups is 2. The molecule has 1 saturated heterocycles. The standard InChI is InChI=1S/C27H39ClN6O2/c1-32(2)17-25(35)31-24(16-21-8-10-23(28)11-9-21)26(36)33-14-12-27(13-15-33,18-34-20-29-19-30-34)22-6-4-3-5-7-22/h8-11,19-20,22,24H,3-7,12-18H2,1-2H3,(H,31,35)/t24-/m1/s1. The summed E-state index contributed by atoms with van der Waals surface area (Å²) in [6, 6.07) is 6.88. The Bertz CT molecular complexity index is 980. The van der Waals surface area contributed by atoms with Crippen molar-refractivity contribution >= 4 is 23.4 Å². The molecule has 2 heterocycles. The highest BCUT2D eigenvalue weighted by Crippen LogP contribution is 2.47. The van der Waals surface area contributed by atoms with Crippen LogP contribution in [-0.4, -0.2) is 76.2 Å². The van der Waals surface area contributed by atoms with Crippen molar-refractivity contribution in [1.82, 2.24) is 29.9 Å². The van der Waals surface area contributed by atoms with E-state index in [2.05, 4.69) is 15.4 Å². The Morgan fingerprint density at radius 2 is 1.83 bits per heavy atom. The quantitative estimate of drug-likeness (QED) is 0.554. The van der Waals surface area contributed by atoms with Gasteiger partial charge in [-0.2, -0.15) is 5.10 Å². The van der Waals surface area contributed by atoms with E-state index in [1.54, 1.807) is 6.33 Å². The minimum absolute atomic E-state index is 0.00458. The Hall–Kier alpha value is -2.45. The van der Waals surface area contributed by atoms with E-state index < -0.39 is 6.04 Å². The molecule has 0 spiro atoms. The molecule has 9 heteroatoms. The van der Waals surface area contributed by atoms with Gasteiger partial charge in [0.25, 0.3) is 0 Å². The predicted octanol–water partition coefficient (Wildman–Crippen LogP) is 3.41. The molecule has 2 amide bonds. The molecule has 4 rings (SSSR count). The fourth-order valence-electron chi connectivity index (χ4n) is 6.02. The lowest BCUT2D eigenvalue weighted by Gasteiger charge is -2.48. The minimum atomic E-state index is -0.601. The average molecular weight is 515 g/mol. The number of halogens is 1. The summed E-state index contributed by atoms with van der Waals surface area (Å²) in [6.45, 7) is 2.50. The number of likely N-dealkylation sites (tertiary alicyclic amines) is 1. The molecule has 1 N–H and O–H groups in total. The third kappa shape index (κ3) is 6.85. The number of hydrogen-bond acceptors (Lipinski definition) is 5. The molecule has 1 aromatic carbocycles. The monoisotopic (exact) mass is 514 g/mol. The summed E-state index contributed by atoms with van der Waals surface area (Å²) in [5.74, 6) is 0.500. The van der Waals surface area contributed by atoms with E-state index in [1.807, 2.05) is 59.2 Å². The number of nitrogens with one attached hydrogen (secondary N) is 1. The van der Waals surface area contributed by atoms with Crippen LogP contribution in [0.4, 0.5) is 0 Å². The summed E-state index contributed by atoms with van der Waals surface area (Å²) >= 11 is 6.06. The summed E-state index contributed by atoms with van der Waals surface area (Å²) in [5.41, 5.74) is 1.10. The number of amides is 2. The molecule has 0 bridgehead atoms. The molecule has 8 nitrogen and oxygen atoms in total. The Morgan fingerprint density at radius 1 is 1.14 bits per heavy atom. The van der Waals surface area contributed by atoms with Gasteiger partial charge in [0.1, 0.15) is 18.7 Å². The highest BCUT2D eigenvalue weighted by atomic mass is 35.5. The first-order valence-corrected chi connectivity index (χ1v) is 13.5. The van der Waals surface area contributed by atoms with E-state index in [9.17, 15) is 9.59 Å². The van der Waals surface area contributed by atoms with Gasteiger partial charge in [-0.15, -0.1) is 0 Å². The van der Waals surface area contributed by atoms with E-state index in [1.165, 1.54) is 32.1 Å². The second-order valence-corrected chi connectivity index (χ2v) is 11.2. The number of nitrogens with zero attached hydrogens (tertiary/aromatic N) is 5. The maximum absolute atomic E-state index is 13.7. The van der Waals surface area contributed by atoms with Gasteiger partial charge in [0.15, 0.2) is 0 Å². The van der Waals surface area contributed by atoms with Crippen LogP contribution in [0, 0.1) is 11.3 Å². The number of piperidine rings is 1. The van der Waals surface area contributed by atoms with Crippen molar-refractivity contribution < 1.29 is 9.59 Å². The number of carbonyl (C=O) groups excluding carboxylic acids is 2. The van der Waals surface area contributed by atoms with Crippen molar-refractivity contribution in [2.75, 3.05) is 33.7 Å². The number of aromatic nitrogens is 3. The second-order valence-electron chi connectivity index (χ2n) is 10.8. The Morgan fingerprint density at radius 3 is 2.44 bits per heavy atom. The zero-order chi connectivity index (χ0) is 25.5. The molecule has 1 aromatic heterocycles. The maximum atomic E-state index is 13.7. The summed E-state index contributed by atoms with van der Waals surface area (Å²) < 4.78 is 1.97. The molecule has 0 radical (unpaired) electrons. The summed E-state index contributed by atoms with van der Waals surface area (Å²) in [5, 5.41) is 8.06. The Labute approximate surface area is 219 Å². The molecule has 2 fully saturated rings. The maximum Gasteiger partial charge on any atom is 0.245 e. The smallest absolute Gasteiger partial charge is 0.245 e. The van der Waals surface area contributed by atoms with Gasteiger partial charge in [0, 0.05) is 31.1 Å². The van der Waals surface area contributed by atoms with Crippen LogP contribution in [-0.2, 0) is 22.6 Å². The summed E-state index contributed by atoms with van der Waals surface area (Å²) in [6.07, 6.45) is 12.1. The van der Waals surface area contributed by atoms with E-state index >= 15 is 0 Å². The first-order chi connectivity index (χ1) is 17.3. The highest BCUT2D eigenvalue weighted by Gasteiger charge is 2.43. The minimum Gasteiger partial charge on any atom is -0.343 e. The van der Waals surface area contributed by atoms with Gasteiger partial charge >= 0.3 is 0 Å². The first kappa shape index (κ1) is 26.6. The fourth-order valence-corrected chi connectivity index (χ4v) is 6.15. The second kappa shape index (κ2) is 12.2. The topological polar surface area (TPSA) is 83.4 Å². The number of hydrogen-bond donors (Lipinski definition) is 1. The van der Waals surface area contributed by atoms with Crippen LogP contribution >= 0.6 is 11.6 Å². The lowest BCUT2D eigenvalue weighted by Crippen LogP contribution is -2.55.